The van der Waals surface area contributed by atoms with Crippen LogP contribution in [0.15, 0.2) is 207 Å². The lowest BCUT2D eigenvalue weighted by molar-refractivity contribution is 1.09. The van der Waals surface area contributed by atoms with Crippen molar-refractivity contribution in [3.05, 3.63) is 230 Å². The zero-order chi connectivity index (χ0) is 39.0. The predicted molar refractivity (Wildman–Crippen MR) is 249 cm³/mol. The van der Waals surface area contributed by atoms with Gasteiger partial charge in [0.05, 0.1) is 11.4 Å². The number of nitrogens with zero attached hydrogens (tertiary/aromatic N) is 3. The first-order valence-corrected chi connectivity index (χ1v) is 19.4. The second-order valence-corrected chi connectivity index (χ2v) is 13.9. The fourth-order valence-corrected chi connectivity index (χ4v) is 7.56. The Hall–Kier alpha value is -7.36. The number of para-hydroxylation sites is 2. The van der Waals surface area contributed by atoms with Crippen LogP contribution < -0.4 is 14.7 Å². The van der Waals surface area contributed by atoms with Gasteiger partial charge in [0.25, 0.3) is 0 Å². The second kappa shape index (κ2) is 17.0. The largest absolute Gasteiger partial charge is 0.336 e. The van der Waals surface area contributed by atoms with Crippen LogP contribution in [-0.2, 0) is 0 Å². The molecule has 0 bridgehead atoms. The molecule has 7 aromatic rings. The van der Waals surface area contributed by atoms with E-state index in [0.29, 0.717) is 6.54 Å². The number of hydrogen-bond acceptors (Lipinski definition) is 3. The molecule has 1 aliphatic heterocycles. The molecule has 0 aliphatic carbocycles. The first-order valence-electron chi connectivity index (χ1n) is 19.4. The van der Waals surface area contributed by atoms with E-state index >= 15 is 0 Å². The number of anilines is 8. The van der Waals surface area contributed by atoms with Gasteiger partial charge in [-0.1, -0.05) is 159 Å². The van der Waals surface area contributed by atoms with Gasteiger partial charge in [-0.05, 0) is 113 Å². The van der Waals surface area contributed by atoms with E-state index in [1.165, 1.54) is 10.8 Å². The molecule has 3 heteroatoms. The van der Waals surface area contributed by atoms with Gasteiger partial charge in [0.15, 0.2) is 0 Å². The summed E-state index contributed by atoms with van der Waals surface area (Å²) in [5, 5.41) is 2.42. The van der Waals surface area contributed by atoms with E-state index in [0.717, 1.165) is 67.8 Å². The van der Waals surface area contributed by atoms with Crippen molar-refractivity contribution in [2.75, 3.05) is 21.2 Å². The highest BCUT2D eigenvalue weighted by molar-refractivity contribution is 5.95. The van der Waals surface area contributed by atoms with Crippen molar-refractivity contribution >= 4 is 80.6 Å². The summed E-state index contributed by atoms with van der Waals surface area (Å²) in [5.74, 6) is 0. The Morgan fingerprint density at radius 1 is 0.491 bits per heavy atom. The van der Waals surface area contributed by atoms with Gasteiger partial charge in [0.2, 0.25) is 0 Å². The molecular weight excluding hydrogens is 691 g/mol. The third kappa shape index (κ3) is 7.78. The van der Waals surface area contributed by atoms with E-state index in [-0.39, 0.29) is 0 Å². The second-order valence-electron chi connectivity index (χ2n) is 13.9. The molecule has 0 saturated carbocycles. The summed E-state index contributed by atoms with van der Waals surface area (Å²) < 4.78 is 0. The Balaban J connectivity index is 1.29. The van der Waals surface area contributed by atoms with Gasteiger partial charge >= 0.3 is 0 Å². The predicted octanol–water partition coefficient (Wildman–Crippen LogP) is 15.4. The van der Waals surface area contributed by atoms with E-state index in [4.69, 9.17) is 0 Å². The van der Waals surface area contributed by atoms with Gasteiger partial charge in [-0.3, -0.25) is 0 Å². The van der Waals surface area contributed by atoms with Crippen LogP contribution >= 0.6 is 0 Å². The molecule has 0 radical (unpaired) electrons. The normalized spacial score (nSPS) is 12.2. The molecule has 0 unspecified atom stereocenters. The molecule has 1 heterocycles. The number of allylic oxidation sites excluding steroid dienone is 5. The van der Waals surface area contributed by atoms with Crippen molar-refractivity contribution in [1.29, 1.82) is 0 Å². The van der Waals surface area contributed by atoms with Crippen molar-refractivity contribution in [2.24, 2.45) is 0 Å². The average Bonchev–Trinajstić information content (AvgIpc) is 3.41. The highest BCUT2D eigenvalue weighted by atomic mass is 15.2. The average molecular weight is 736 g/mol. The van der Waals surface area contributed by atoms with Crippen LogP contribution in [0.25, 0.3) is 35.1 Å². The molecule has 3 nitrogen and oxygen atoms in total. The lowest BCUT2D eigenvalue weighted by Crippen LogP contribution is -2.20. The fourth-order valence-electron chi connectivity index (χ4n) is 7.56. The lowest BCUT2D eigenvalue weighted by atomic mass is 10.0. The topological polar surface area (TPSA) is 9.72 Å². The molecule has 0 amide bonds. The van der Waals surface area contributed by atoms with Crippen molar-refractivity contribution in [3.63, 3.8) is 0 Å². The SMILES string of the molecule is C=C/C=C\C=C/CN1c2cc(N(c3ccccc3)c3ccc(/C=C\C)c(C=C)c3)ccc2C=Cc2ccc(N(c3ccccc3)c3ccc4ccccc4c3)cc21. The van der Waals surface area contributed by atoms with Crippen molar-refractivity contribution in [2.45, 2.75) is 6.92 Å². The quantitative estimate of drug-likeness (QED) is 0.116. The monoisotopic (exact) mass is 735 g/mol. The first-order chi connectivity index (χ1) is 28.1. The van der Waals surface area contributed by atoms with E-state index in [1.54, 1.807) is 6.08 Å². The maximum absolute atomic E-state index is 4.15. The summed E-state index contributed by atoms with van der Waals surface area (Å²) in [6, 6.07) is 56.7. The van der Waals surface area contributed by atoms with E-state index in [1.807, 2.05) is 25.2 Å². The van der Waals surface area contributed by atoms with Gasteiger partial charge in [-0.15, -0.1) is 0 Å². The summed E-state index contributed by atoms with van der Waals surface area (Å²) in [5.41, 5.74) is 13.2. The molecule has 1 aliphatic rings. The minimum atomic E-state index is 0.654. The Morgan fingerprint density at radius 3 is 1.63 bits per heavy atom. The van der Waals surface area contributed by atoms with E-state index in [2.05, 4.69) is 222 Å². The third-order valence-electron chi connectivity index (χ3n) is 10.3. The highest BCUT2D eigenvalue weighted by Gasteiger charge is 2.23. The number of fused-ring (bicyclic) bond motifs is 3. The number of rotatable bonds is 12. The van der Waals surface area contributed by atoms with Crippen LogP contribution in [0.1, 0.15) is 29.2 Å². The van der Waals surface area contributed by atoms with Gasteiger partial charge in [0.1, 0.15) is 0 Å². The number of hydrogen-bond donors (Lipinski definition) is 0. The molecule has 0 spiro atoms. The third-order valence-corrected chi connectivity index (χ3v) is 10.3. The lowest BCUT2D eigenvalue weighted by Gasteiger charge is -2.31. The van der Waals surface area contributed by atoms with Gasteiger partial charge in [-0.2, -0.15) is 0 Å². The first kappa shape index (κ1) is 36.6. The molecule has 8 rings (SSSR count). The van der Waals surface area contributed by atoms with Gasteiger partial charge in [-0.25, -0.2) is 0 Å². The summed E-state index contributed by atoms with van der Waals surface area (Å²) in [4.78, 5) is 7.12. The van der Waals surface area contributed by atoms with Crippen LogP contribution in [-0.4, -0.2) is 6.54 Å². The van der Waals surface area contributed by atoms with Gasteiger partial charge < -0.3 is 14.7 Å². The molecule has 57 heavy (non-hydrogen) atoms. The smallest absolute Gasteiger partial charge is 0.0508 e. The van der Waals surface area contributed by atoms with Crippen LogP contribution in [0.3, 0.4) is 0 Å². The molecule has 0 atom stereocenters. The molecule has 0 N–H and O–H groups in total. The molecular formula is C54H45N3. The van der Waals surface area contributed by atoms with E-state index < -0.39 is 0 Å². The molecule has 0 fully saturated rings. The summed E-state index contributed by atoms with van der Waals surface area (Å²) in [6.45, 7) is 10.7. The van der Waals surface area contributed by atoms with Crippen molar-refractivity contribution in [3.8, 4) is 0 Å². The zero-order valence-electron chi connectivity index (χ0n) is 32.2. The molecule has 7 aromatic carbocycles. The van der Waals surface area contributed by atoms with E-state index in [9.17, 15) is 0 Å². The maximum Gasteiger partial charge on any atom is 0.0508 e. The minimum absolute atomic E-state index is 0.654. The highest BCUT2D eigenvalue weighted by Crippen LogP contribution is 2.45. The van der Waals surface area contributed by atoms with Crippen LogP contribution in [0.5, 0.6) is 0 Å². The standard InChI is InChI=1S/C54H45N3/c1-4-7-8-9-18-36-55-53-39-51(56(47-22-12-10-13-23-47)49-32-28-42(19-5-2)41(6-3)37-49)34-30-44(53)26-27-45-31-35-52(40-54(45)55)57(48-24-14-11-15-25-48)50-33-29-43-20-16-17-21-46(43)38-50/h4-35,37-40H,1,3,36H2,2H3/b8-7-,18-9-,19-5-. The summed E-state index contributed by atoms with van der Waals surface area (Å²) in [6.07, 6.45) is 20.7. The maximum atomic E-state index is 4.15. The zero-order valence-corrected chi connectivity index (χ0v) is 32.2. The van der Waals surface area contributed by atoms with Gasteiger partial charge in [0, 0.05) is 40.7 Å². The Bertz CT molecular complexity index is 2660. The Labute approximate surface area is 337 Å². The Kier molecular flexibility index (Phi) is 10.9. The molecule has 0 saturated heterocycles. The van der Waals surface area contributed by atoms with Crippen molar-refractivity contribution in [1.82, 2.24) is 0 Å². The molecule has 276 valence electrons. The molecule has 0 aromatic heterocycles. The minimum Gasteiger partial charge on any atom is -0.336 e. The summed E-state index contributed by atoms with van der Waals surface area (Å²) >= 11 is 0. The number of benzene rings is 7. The fraction of sp³-hybridized carbons (Fsp3) is 0.0370. The summed E-state index contributed by atoms with van der Waals surface area (Å²) in [7, 11) is 0. The van der Waals surface area contributed by atoms with Crippen LogP contribution in [0.4, 0.5) is 45.5 Å². The van der Waals surface area contributed by atoms with Crippen molar-refractivity contribution < 1.29 is 0 Å². The Morgan fingerprint density at radius 2 is 1.04 bits per heavy atom. The van der Waals surface area contributed by atoms with Crippen LogP contribution in [0.2, 0.25) is 0 Å². The van der Waals surface area contributed by atoms with Crippen LogP contribution in [0, 0.1) is 0 Å².